The van der Waals surface area contributed by atoms with Crippen molar-refractivity contribution in [3.8, 4) is 0 Å². The van der Waals surface area contributed by atoms with Crippen LogP contribution in [0.3, 0.4) is 0 Å². The lowest BCUT2D eigenvalue weighted by atomic mass is 10.2. The van der Waals surface area contributed by atoms with E-state index >= 15 is 0 Å². The van der Waals surface area contributed by atoms with Gasteiger partial charge in [-0.15, -0.1) is 11.3 Å². The van der Waals surface area contributed by atoms with Crippen LogP contribution in [0.5, 0.6) is 0 Å². The number of thiophene rings is 1. The molecule has 1 aliphatic rings. The molecule has 0 aromatic carbocycles. The zero-order chi connectivity index (χ0) is 16.1. The summed E-state index contributed by atoms with van der Waals surface area (Å²) in [5.41, 5.74) is -0.480. The van der Waals surface area contributed by atoms with E-state index in [9.17, 15) is 22.8 Å². The van der Waals surface area contributed by atoms with Crippen molar-refractivity contribution >= 4 is 21.6 Å². The summed E-state index contributed by atoms with van der Waals surface area (Å²) in [5.74, 6) is 0. The fraction of sp³-hybridized carbons (Fsp3) is 0.538. The van der Waals surface area contributed by atoms with Gasteiger partial charge in [0.15, 0.2) is 0 Å². The Bertz CT molecular complexity index is 830. The highest BCUT2D eigenvalue weighted by Gasteiger charge is 2.30. The number of hydrogen-bond acceptors (Lipinski definition) is 4. The summed E-state index contributed by atoms with van der Waals surface area (Å²) >= 11 is 1.12. The molecule has 0 unspecified atom stereocenters. The number of rotatable bonds is 3. The van der Waals surface area contributed by atoms with Crippen molar-refractivity contribution in [1.82, 2.24) is 9.13 Å². The van der Waals surface area contributed by atoms with Gasteiger partial charge in [-0.25, -0.2) is 4.79 Å². The third-order valence-electron chi connectivity index (χ3n) is 3.67. The Morgan fingerprint density at radius 2 is 2.05 bits per heavy atom. The number of nitrogens with zero attached hydrogens (tertiary/aromatic N) is 2. The fourth-order valence-corrected chi connectivity index (χ4v) is 3.51. The van der Waals surface area contributed by atoms with Gasteiger partial charge >= 0.3 is 11.9 Å². The maximum absolute atomic E-state index is 12.5. The second-order valence-electron chi connectivity index (χ2n) is 5.26. The van der Waals surface area contributed by atoms with E-state index in [0.29, 0.717) is 15.8 Å². The topological polar surface area (TPSA) is 53.2 Å². The molecule has 1 fully saturated rings. The highest BCUT2D eigenvalue weighted by atomic mass is 32.1. The van der Waals surface area contributed by atoms with Crippen LogP contribution in [0.2, 0.25) is 0 Å². The van der Waals surface area contributed by atoms with Crippen molar-refractivity contribution in [2.45, 2.75) is 32.1 Å². The van der Waals surface area contributed by atoms with Gasteiger partial charge in [-0.1, -0.05) is 0 Å². The average Bonchev–Trinajstić information content (AvgIpc) is 2.73. The van der Waals surface area contributed by atoms with Crippen molar-refractivity contribution in [3.63, 3.8) is 0 Å². The molecule has 0 radical (unpaired) electrons. The van der Waals surface area contributed by atoms with Crippen LogP contribution in [0.25, 0.3) is 10.2 Å². The molecular weight excluding hydrogens is 321 g/mol. The van der Waals surface area contributed by atoms with Crippen molar-refractivity contribution in [2.24, 2.45) is 0 Å². The SMILES string of the molecule is Cc1csc2c1c(=O)n(C1COC1)c(=O)n2CCC(F)(F)F. The van der Waals surface area contributed by atoms with E-state index in [0.717, 1.165) is 20.5 Å². The van der Waals surface area contributed by atoms with Crippen LogP contribution in [0, 0.1) is 6.92 Å². The molecule has 0 spiro atoms. The van der Waals surface area contributed by atoms with Crippen LogP contribution in [-0.2, 0) is 11.3 Å². The Kier molecular flexibility index (Phi) is 3.64. The summed E-state index contributed by atoms with van der Waals surface area (Å²) in [6, 6.07) is -0.402. The van der Waals surface area contributed by atoms with Gasteiger partial charge in [0.05, 0.1) is 31.1 Å². The predicted octanol–water partition coefficient (Wildman–Crippen LogP) is 2.06. The molecule has 0 amide bonds. The molecule has 3 heterocycles. The average molecular weight is 334 g/mol. The van der Waals surface area contributed by atoms with Crippen LogP contribution in [0.1, 0.15) is 18.0 Å². The van der Waals surface area contributed by atoms with E-state index in [-0.39, 0.29) is 13.2 Å². The molecular formula is C13H13F3N2O3S. The molecule has 120 valence electrons. The second kappa shape index (κ2) is 5.24. The number of alkyl halides is 3. The van der Waals surface area contributed by atoms with E-state index in [1.807, 2.05) is 0 Å². The first-order valence-electron chi connectivity index (χ1n) is 6.67. The van der Waals surface area contributed by atoms with Crippen molar-refractivity contribution < 1.29 is 17.9 Å². The molecule has 0 N–H and O–H groups in total. The summed E-state index contributed by atoms with van der Waals surface area (Å²) in [4.78, 5) is 25.3. The van der Waals surface area contributed by atoms with E-state index in [4.69, 9.17) is 4.74 Å². The lowest BCUT2D eigenvalue weighted by Gasteiger charge is -2.28. The van der Waals surface area contributed by atoms with Gasteiger partial charge in [0.25, 0.3) is 5.56 Å². The monoisotopic (exact) mass is 334 g/mol. The van der Waals surface area contributed by atoms with E-state index in [2.05, 4.69) is 0 Å². The van der Waals surface area contributed by atoms with Gasteiger partial charge in [-0.2, -0.15) is 13.2 Å². The predicted molar refractivity (Wildman–Crippen MR) is 75.6 cm³/mol. The summed E-state index contributed by atoms with van der Waals surface area (Å²) < 4.78 is 44.6. The minimum atomic E-state index is -4.36. The highest BCUT2D eigenvalue weighted by molar-refractivity contribution is 7.17. The minimum Gasteiger partial charge on any atom is -0.377 e. The molecule has 0 atom stereocenters. The van der Waals surface area contributed by atoms with Gasteiger partial charge < -0.3 is 4.74 Å². The van der Waals surface area contributed by atoms with Crippen LogP contribution < -0.4 is 11.2 Å². The molecule has 0 aliphatic carbocycles. The third kappa shape index (κ3) is 2.48. The van der Waals surface area contributed by atoms with Crippen molar-refractivity contribution in [2.75, 3.05) is 13.2 Å². The minimum absolute atomic E-state index is 0.225. The van der Waals surface area contributed by atoms with Gasteiger partial charge in [-0.3, -0.25) is 13.9 Å². The Labute approximate surface area is 126 Å². The molecule has 0 saturated carbocycles. The Morgan fingerprint density at radius 3 is 2.59 bits per heavy atom. The molecule has 3 rings (SSSR count). The standard InChI is InChI=1S/C13H13F3N2O3S/c1-7-6-22-11-9(7)10(19)18(8-4-21-5-8)12(20)17(11)3-2-13(14,15)16/h6,8H,2-5H2,1H3. The normalized spacial score (nSPS) is 16.2. The first kappa shape index (κ1) is 15.3. The first-order valence-corrected chi connectivity index (χ1v) is 7.55. The highest BCUT2D eigenvalue weighted by Crippen LogP contribution is 2.25. The molecule has 22 heavy (non-hydrogen) atoms. The fourth-order valence-electron chi connectivity index (χ4n) is 2.44. The number of aromatic nitrogens is 2. The molecule has 0 bridgehead atoms. The zero-order valence-corrected chi connectivity index (χ0v) is 12.5. The zero-order valence-electron chi connectivity index (χ0n) is 11.6. The van der Waals surface area contributed by atoms with E-state index < -0.39 is 36.4 Å². The largest absolute Gasteiger partial charge is 0.390 e. The van der Waals surface area contributed by atoms with Gasteiger partial charge in [0.2, 0.25) is 0 Å². The number of aryl methyl sites for hydroxylation is 2. The molecule has 2 aromatic rings. The molecule has 1 aliphatic heterocycles. The maximum atomic E-state index is 12.5. The van der Waals surface area contributed by atoms with Crippen LogP contribution in [-0.4, -0.2) is 28.5 Å². The lowest BCUT2D eigenvalue weighted by molar-refractivity contribution is -0.136. The van der Waals surface area contributed by atoms with E-state index in [1.54, 1.807) is 12.3 Å². The summed E-state index contributed by atoms with van der Waals surface area (Å²) in [5, 5.41) is 2.00. The van der Waals surface area contributed by atoms with Crippen LogP contribution in [0.4, 0.5) is 13.2 Å². The van der Waals surface area contributed by atoms with Crippen molar-refractivity contribution in [3.05, 3.63) is 31.8 Å². The maximum Gasteiger partial charge on any atom is 0.390 e. The Balaban J connectivity index is 2.21. The Hall–Kier alpha value is -1.61. The van der Waals surface area contributed by atoms with Crippen LogP contribution in [0.15, 0.2) is 15.0 Å². The van der Waals surface area contributed by atoms with Gasteiger partial charge in [0.1, 0.15) is 4.83 Å². The van der Waals surface area contributed by atoms with Gasteiger partial charge in [0, 0.05) is 6.54 Å². The summed E-state index contributed by atoms with van der Waals surface area (Å²) in [7, 11) is 0. The molecule has 5 nitrogen and oxygen atoms in total. The molecule has 9 heteroatoms. The Morgan fingerprint density at radius 1 is 1.36 bits per heavy atom. The third-order valence-corrected chi connectivity index (χ3v) is 4.79. The quantitative estimate of drug-likeness (QED) is 0.863. The summed E-state index contributed by atoms with van der Waals surface area (Å²) in [6.45, 7) is 1.67. The van der Waals surface area contributed by atoms with Crippen molar-refractivity contribution in [1.29, 1.82) is 0 Å². The second-order valence-corrected chi connectivity index (χ2v) is 6.12. The smallest absolute Gasteiger partial charge is 0.377 e. The molecule has 2 aromatic heterocycles. The molecule has 1 saturated heterocycles. The summed E-state index contributed by atoms with van der Waals surface area (Å²) in [6.07, 6.45) is -5.48. The van der Waals surface area contributed by atoms with Crippen LogP contribution >= 0.6 is 11.3 Å². The number of ether oxygens (including phenoxy) is 1. The number of halogens is 3. The number of hydrogen-bond donors (Lipinski definition) is 0. The first-order chi connectivity index (χ1) is 10.3. The van der Waals surface area contributed by atoms with E-state index in [1.165, 1.54) is 0 Å². The lowest BCUT2D eigenvalue weighted by Crippen LogP contribution is -2.48. The van der Waals surface area contributed by atoms with Gasteiger partial charge in [-0.05, 0) is 17.9 Å². The number of fused-ring (bicyclic) bond motifs is 1.